The zero-order chi connectivity index (χ0) is 20.5. The number of nitrogens with one attached hydrogen (secondary N) is 2. The number of carbonyl (C=O) groups is 2. The number of aromatic nitrogens is 2. The molecule has 0 saturated carbocycles. The first-order valence-electron chi connectivity index (χ1n) is 8.81. The summed E-state index contributed by atoms with van der Waals surface area (Å²) in [6.45, 7) is 1.43. The molecule has 0 saturated heterocycles. The highest BCUT2D eigenvalue weighted by molar-refractivity contribution is 6.16. The van der Waals surface area contributed by atoms with Crippen LogP contribution in [0.2, 0.25) is 0 Å². The molecular formula is C22H16FN3O3. The molecule has 29 heavy (non-hydrogen) atoms. The van der Waals surface area contributed by atoms with Gasteiger partial charge >= 0.3 is 0 Å². The van der Waals surface area contributed by atoms with Crippen LogP contribution in [0.4, 0.5) is 10.1 Å². The third-order valence-corrected chi connectivity index (χ3v) is 4.49. The smallest absolute Gasteiger partial charge is 0.221 e. The molecular weight excluding hydrogens is 373 g/mol. The zero-order valence-electron chi connectivity index (χ0n) is 15.4. The second-order valence-electron chi connectivity index (χ2n) is 6.58. The van der Waals surface area contributed by atoms with Crippen molar-refractivity contribution in [2.24, 2.45) is 0 Å². The van der Waals surface area contributed by atoms with Gasteiger partial charge in [-0.15, -0.1) is 0 Å². The number of amides is 1. The number of carbonyl (C=O) groups excluding carboxylic acids is 2. The number of fused-ring (bicyclic) bond motifs is 1. The Hall–Kier alpha value is -4.00. The van der Waals surface area contributed by atoms with Crippen LogP contribution in [0.5, 0.6) is 5.75 Å². The van der Waals surface area contributed by atoms with Gasteiger partial charge in [0, 0.05) is 41.5 Å². The van der Waals surface area contributed by atoms with E-state index in [1.165, 1.54) is 19.2 Å². The number of nitrogens with zero attached hydrogens (tertiary/aromatic N) is 1. The van der Waals surface area contributed by atoms with Crippen LogP contribution in [-0.2, 0) is 4.79 Å². The summed E-state index contributed by atoms with van der Waals surface area (Å²) in [5.74, 6) is -1.64. The standard InChI is InChI=1S/C22H16FN3O3/c1-12(27)26-15-4-2-3-13(7-15)14-8-17-19(11-25-22(17)24-10-14)21(29)18-9-16(28)5-6-20(18)23/h2-11,28H,1H3,(H,24,25)(H,26,27). The number of aromatic hydroxyl groups is 1. The Balaban J connectivity index is 1.78. The van der Waals surface area contributed by atoms with Crippen LogP contribution < -0.4 is 5.32 Å². The minimum absolute atomic E-state index is 0.178. The first-order valence-corrected chi connectivity index (χ1v) is 8.81. The SMILES string of the molecule is CC(=O)Nc1cccc(-c2cnc3[nH]cc(C(=O)c4cc(O)ccc4F)c3c2)c1. The largest absolute Gasteiger partial charge is 0.508 e. The minimum Gasteiger partial charge on any atom is -0.508 e. The Morgan fingerprint density at radius 3 is 2.69 bits per heavy atom. The van der Waals surface area contributed by atoms with Gasteiger partial charge in [-0.1, -0.05) is 12.1 Å². The third kappa shape index (κ3) is 3.58. The average Bonchev–Trinajstić information content (AvgIpc) is 3.12. The molecule has 2 aromatic carbocycles. The summed E-state index contributed by atoms with van der Waals surface area (Å²) in [4.78, 5) is 31.4. The van der Waals surface area contributed by atoms with Gasteiger partial charge in [-0.25, -0.2) is 9.37 Å². The van der Waals surface area contributed by atoms with E-state index in [2.05, 4.69) is 15.3 Å². The summed E-state index contributed by atoms with van der Waals surface area (Å²) in [7, 11) is 0. The van der Waals surface area contributed by atoms with Gasteiger partial charge in [0.15, 0.2) is 5.78 Å². The van der Waals surface area contributed by atoms with Gasteiger partial charge < -0.3 is 15.4 Å². The molecule has 0 fully saturated rings. The number of pyridine rings is 1. The number of H-pyrrole nitrogens is 1. The molecule has 4 rings (SSSR count). The molecule has 2 aromatic heterocycles. The molecule has 6 nitrogen and oxygen atoms in total. The second kappa shape index (κ2) is 7.20. The van der Waals surface area contributed by atoms with Crippen LogP contribution in [-0.4, -0.2) is 26.8 Å². The van der Waals surface area contributed by atoms with E-state index in [-0.39, 0.29) is 22.8 Å². The lowest BCUT2D eigenvalue weighted by atomic mass is 10.0. The van der Waals surface area contributed by atoms with Crippen molar-refractivity contribution in [1.82, 2.24) is 9.97 Å². The highest BCUT2D eigenvalue weighted by atomic mass is 19.1. The normalized spacial score (nSPS) is 10.8. The monoisotopic (exact) mass is 389 g/mol. The molecule has 0 spiro atoms. The van der Waals surface area contributed by atoms with Crippen LogP contribution in [0.3, 0.4) is 0 Å². The summed E-state index contributed by atoms with van der Waals surface area (Å²) in [5.41, 5.74) is 2.68. The quantitative estimate of drug-likeness (QED) is 0.455. The van der Waals surface area contributed by atoms with Crippen LogP contribution in [0.25, 0.3) is 22.2 Å². The average molecular weight is 389 g/mol. The van der Waals surface area contributed by atoms with Crippen LogP contribution >= 0.6 is 0 Å². The number of ketones is 1. The van der Waals surface area contributed by atoms with Gasteiger partial charge in [0.25, 0.3) is 0 Å². The van der Waals surface area contributed by atoms with Crippen LogP contribution in [0, 0.1) is 5.82 Å². The van der Waals surface area contributed by atoms with Gasteiger partial charge in [-0.05, 0) is 42.0 Å². The molecule has 0 bridgehead atoms. The number of aromatic amines is 1. The van der Waals surface area contributed by atoms with E-state index >= 15 is 0 Å². The highest BCUT2D eigenvalue weighted by Crippen LogP contribution is 2.28. The molecule has 4 aromatic rings. The predicted octanol–water partition coefficient (Wildman–Crippen LogP) is 4.26. The van der Waals surface area contributed by atoms with Crippen molar-refractivity contribution in [1.29, 1.82) is 0 Å². The number of phenolic OH excluding ortho intramolecular Hbond substituents is 1. The molecule has 144 valence electrons. The lowest BCUT2D eigenvalue weighted by molar-refractivity contribution is -0.114. The van der Waals surface area contributed by atoms with Crippen molar-refractivity contribution in [3.8, 4) is 16.9 Å². The third-order valence-electron chi connectivity index (χ3n) is 4.49. The topological polar surface area (TPSA) is 95.1 Å². The zero-order valence-corrected chi connectivity index (χ0v) is 15.4. The van der Waals surface area contributed by atoms with E-state index in [0.717, 1.165) is 23.3 Å². The van der Waals surface area contributed by atoms with Gasteiger partial charge in [0.05, 0.1) is 5.56 Å². The first-order chi connectivity index (χ1) is 13.9. The molecule has 0 unspecified atom stereocenters. The fourth-order valence-corrected chi connectivity index (χ4v) is 3.16. The summed E-state index contributed by atoms with van der Waals surface area (Å²) in [6, 6.07) is 12.3. The number of rotatable bonds is 4. The highest BCUT2D eigenvalue weighted by Gasteiger charge is 2.19. The predicted molar refractivity (Wildman–Crippen MR) is 107 cm³/mol. The van der Waals surface area contributed by atoms with E-state index < -0.39 is 11.6 Å². The Labute approximate surface area is 165 Å². The number of anilines is 1. The molecule has 7 heteroatoms. The molecule has 0 aliphatic carbocycles. The van der Waals surface area contributed by atoms with Crippen molar-refractivity contribution in [2.45, 2.75) is 6.92 Å². The Morgan fingerprint density at radius 2 is 1.90 bits per heavy atom. The molecule has 0 aliphatic heterocycles. The lowest BCUT2D eigenvalue weighted by Gasteiger charge is -2.07. The van der Waals surface area contributed by atoms with Gasteiger partial charge in [-0.2, -0.15) is 0 Å². The van der Waals surface area contributed by atoms with Crippen LogP contribution in [0.1, 0.15) is 22.8 Å². The number of hydrogen-bond acceptors (Lipinski definition) is 4. The van der Waals surface area contributed by atoms with E-state index in [4.69, 9.17) is 0 Å². The Bertz CT molecular complexity index is 1260. The number of phenols is 1. The van der Waals surface area contributed by atoms with Crippen molar-refractivity contribution < 1.29 is 19.1 Å². The maximum absolute atomic E-state index is 14.1. The number of hydrogen-bond donors (Lipinski definition) is 3. The van der Waals surface area contributed by atoms with Crippen molar-refractivity contribution in [3.05, 3.63) is 77.9 Å². The van der Waals surface area contributed by atoms with Gasteiger partial charge in [0.1, 0.15) is 17.2 Å². The van der Waals surface area contributed by atoms with E-state index in [1.54, 1.807) is 30.5 Å². The maximum atomic E-state index is 14.1. The molecule has 0 atom stereocenters. The van der Waals surface area contributed by atoms with E-state index in [9.17, 15) is 19.1 Å². The summed E-state index contributed by atoms with van der Waals surface area (Å²) in [5, 5.41) is 12.9. The molecule has 2 heterocycles. The van der Waals surface area contributed by atoms with Gasteiger partial charge in [-0.3, -0.25) is 9.59 Å². The van der Waals surface area contributed by atoms with E-state index in [0.29, 0.717) is 16.7 Å². The molecule has 1 amide bonds. The first kappa shape index (κ1) is 18.4. The van der Waals surface area contributed by atoms with Crippen LogP contribution in [0.15, 0.2) is 60.9 Å². The molecule has 0 aliphatic rings. The fraction of sp³-hybridized carbons (Fsp3) is 0.0455. The van der Waals surface area contributed by atoms with Crippen molar-refractivity contribution >= 4 is 28.4 Å². The summed E-state index contributed by atoms with van der Waals surface area (Å²) >= 11 is 0. The van der Waals surface area contributed by atoms with E-state index in [1.807, 2.05) is 6.07 Å². The van der Waals surface area contributed by atoms with Crippen molar-refractivity contribution in [2.75, 3.05) is 5.32 Å². The number of benzene rings is 2. The number of halogens is 1. The Kier molecular flexibility index (Phi) is 4.56. The summed E-state index contributed by atoms with van der Waals surface area (Å²) < 4.78 is 14.1. The molecule has 3 N–H and O–H groups in total. The summed E-state index contributed by atoms with van der Waals surface area (Å²) in [6.07, 6.45) is 3.12. The van der Waals surface area contributed by atoms with Crippen molar-refractivity contribution in [3.63, 3.8) is 0 Å². The Morgan fingerprint density at radius 1 is 1.07 bits per heavy atom. The van der Waals surface area contributed by atoms with Gasteiger partial charge in [0.2, 0.25) is 5.91 Å². The fourth-order valence-electron chi connectivity index (χ4n) is 3.16. The lowest BCUT2D eigenvalue weighted by Crippen LogP contribution is -2.05. The molecule has 0 radical (unpaired) electrons. The maximum Gasteiger partial charge on any atom is 0.221 e. The second-order valence-corrected chi connectivity index (χ2v) is 6.58. The minimum atomic E-state index is -0.714.